The molecule has 20 heavy (non-hydrogen) atoms. The summed E-state index contributed by atoms with van der Waals surface area (Å²) in [5.74, 6) is 1.13. The minimum absolute atomic E-state index is 0.348. The highest BCUT2D eigenvalue weighted by Crippen LogP contribution is 2.21. The second-order valence-corrected chi connectivity index (χ2v) is 5.31. The zero-order chi connectivity index (χ0) is 14.5. The molecule has 110 valence electrons. The topological polar surface area (TPSA) is 47.7 Å². The van der Waals surface area contributed by atoms with E-state index in [-0.39, 0.29) is 0 Å². The molecule has 5 heteroatoms. The first-order valence-corrected chi connectivity index (χ1v) is 7.31. The van der Waals surface area contributed by atoms with Crippen LogP contribution >= 0.6 is 0 Å². The second kappa shape index (κ2) is 6.70. The molecule has 2 aromatic heterocycles. The summed E-state index contributed by atoms with van der Waals surface area (Å²) in [5.41, 5.74) is 2.54. The zero-order valence-electron chi connectivity index (χ0n) is 12.9. The molecule has 0 spiro atoms. The van der Waals surface area contributed by atoms with Gasteiger partial charge >= 0.3 is 0 Å². The smallest absolute Gasteiger partial charge is 0.108 e. The van der Waals surface area contributed by atoms with Crippen LogP contribution in [0.1, 0.15) is 42.9 Å². The molecule has 0 saturated heterocycles. The Kier molecular flexibility index (Phi) is 4.95. The summed E-state index contributed by atoms with van der Waals surface area (Å²) in [5, 5.41) is 7.99. The summed E-state index contributed by atoms with van der Waals surface area (Å²) in [7, 11) is 4.04. The fraction of sp³-hybridized carbons (Fsp3) is 0.600. The van der Waals surface area contributed by atoms with Gasteiger partial charge in [-0.15, -0.1) is 0 Å². The quantitative estimate of drug-likeness (QED) is 0.842. The number of hydrogen-bond donors (Lipinski definition) is 1. The Morgan fingerprint density at radius 3 is 2.70 bits per heavy atom. The Balaban J connectivity index is 2.07. The van der Waals surface area contributed by atoms with E-state index in [9.17, 15) is 0 Å². The summed E-state index contributed by atoms with van der Waals surface area (Å²) >= 11 is 0. The van der Waals surface area contributed by atoms with E-state index in [0.29, 0.717) is 6.04 Å². The molecular weight excluding hydrogens is 250 g/mol. The van der Waals surface area contributed by atoms with Gasteiger partial charge in [-0.3, -0.25) is 4.68 Å². The van der Waals surface area contributed by atoms with Gasteiger partial charge in [-0.2, -0.15) is 5.10 Å². The summed E-state index contributed by atoms with van der Waals surface area (Å²) < 4.78 is 4.03. The number of hydrogen-bond acceptors (Lipinski definition) is 3. The van der Waals surface area contributed by atoms with Crippen molar-refractivity contribution >= 4 is 0 Å². The highest BCUT2D eigenvalue weighted by molar-refractivity contribution is 5.20. The molecule has 0 aliphatic carbocycles. The van der Waals surface area contributed by atoms with Crippen LogP contribution in [-0.2, 0) is 20.5 Å². The molecule has 5 nitrogen and oxygen atoms in total. The largest absolute Gasteiger partial charge is 0.338 e. The standard InChI is InChI=1S/C15H25N5/c1-5-8-16-14(13-11-18-20(4)12(13)2)6-7-15-17-9-10-19(15)3/h9-11,14,16H,5-8H2,1-4H3. The van der Waals surface area contributed by atoms with Gasteiger partial charge in [0, 0.05) is 50.2 Å². The molecule has 1 unspecified atom stereocenters. The molecule has 0 bridgehead atoms. The van der Waals surface area contributed by atoms with Crippen molar-refractivity contribution in [3.8, 4) is 0 Å². The van der Waals surface area contributed by atoms with Crippen molar-refractivity contribution in [2.75, 3.05) is 6.54 Å². The van der Waals surface area contributed by atoms with Crippen LogP contribution in [0.5, 0.6) is 0 Å². The van der Waals surface area contributed by atoms with Crippen LogP contribution in [0, 0.1) is 6.92 Å². The Morgan fingerprint density at radius 2 is 2.15 bits per heavy atom. The van der Waals surface area contributed by atoms with Gasteiger partial charge in [-0.05, 0) is 26.3 Å². The molecule has 0 fully saturated rings. The first-order valence-electron chi connectivity index (χ1n) is 7.31. The Labute approximate surface area is 121 Å². The number of nitrogens with one attached hydrogen (secondary N) is 1. The number of aryl methyl sites for hydroxylation is 3. The second-order valence-electron chi connectivity index (χ2n) is 5.31. The fourth-order valence-corrected chi connectivity index (χ4v) is 2.45. The van der Waals surface area contributed by atoms with Crippen LogP contribution in [-0.4, -0.2) is 25.9 Å². The highest BCUT2D eigenvalue weighted by Gasteiger charge is 2.16. The predicted octanol–water partition coefficient (Wildman–Crippen LogP) is 2.14. The van der Waals surface area contributed by atoms with Crippen molar-refractivity contribution in [2.45, 2.75) is 39.2 Å². The van der Waals surface area contributed by atoms with E-state index < -0.39 is 0 Å². The van der Waals surface area contributed by atoms with Gasteiger partial charge in [0.2, 0.25) is 0 Å². The van der Waals surface area contributed by atoms with Gasteiger partial charge in [0.1, 0.15) is 5.82 Å². The molecular formula is C15H25N5. The van der Waals surface area contributed by atoms with E-state index in [0.717, 1.165) is 31.6 Å². The van der Waals surface area contributed by atoms with Crippen molar-refractivity contribution in [1.29, 1.82) is 0 Å². The number of rotatable bonds is 7. The summed E-state index contributed by atoms with van der Waals surface area (Å²) in [6, 6.07) is 0.348. The Morgan fingerprint density at radius 1 is 1.35 bits per heavy atom. The molecule has 0 radical (unpaired) electrons. The predicted molar refractivity (Wildman–Crippen MR) is 80.5 cm³/mol. The average molecular weight is 275 g/mol. The van der Waals surface area contributed by atoms with Crippen LogP contribution < -0.4 is 5.32 Å². The van der Waals surface area contributed by atoms with Gasteiger partial charge in [-0.1, -0.05) is 6.92 Å². The minimum Gasteiger partial charge on any atom is -0.338 e. The molecule has 1 N–H and O–H groups in total. The van der Waals surface area contributed by atoms with Gasteiger partial charge in [0.25, 0.3) is 0 Å². The molecule has 0 aliphatic heterocycles. The van der Waals surface area contributed by atoms with E-state index in [1.54, 1.807) is 0 Å². The lowest BCUT2D eigenvalue weighted by Crippen LogP contribution is -2.23. The highest BCUT2D eigenvalue weighted by atomic mass is 15.3. The van der Waals surface area contributed by atoms with Crippen molar-refractivity contribution < 1.29 is 0 Å². The normalized spacial score (nSPS) is 12.8. The number of aromatic nitrogens is 4. The van der Waals surface area contributed by atoms with Crippen molar-refractivity contribution in [3.05, 3.63) is 35.7 Å². The summed E-state index contributed by atoms with van der Waals surface area (Å²) in [4.78, 5) is 4.40. The lowest BCUT2D eigenvalue weighted by atomic mass is 10.0. The molecule has 0 aliphatic rings. The van der Waals surface area contributed by atoms with Crippen molar-refractivity contribution in [1.82, 2.24) is 24.6 Å². The molecule has 2 rings (SSSR count). The van der Waals surface area contributed by atoms with E-state index in [2.05, 4.69) is 33.8 Å². The van der Waals surface area contributed by atoms with Crippen LogP contribution in [0.25, 0.3) is 0 Å². The van der Waals surface area contributed by atoms with Crippen LogP contribution in [0.4, 0.5) is 0 Å². The Bertz CT molecular complexity index is 540. The summed E-state index contributed by atoms with van der Waals surface area (Å²) in [6.07, 6.45) is 8.99. The van der Waals surface area contributed by atoms with Gasteiger partial charge in [0.05, 0.1) is 6.20 Å². The lowest BCUT2D eigenvalue weighted by Gasteiger charge is -2.18. The number of nitrogens with zero attached hydrogens (tertiary/aromatic N) is 4. The van der Waals surface area contributed by atoms with Gasteiger partial charge in [0.15, 0.2) is 0 Å². The number of imidazole rings is 1. The van der Waals surface area contributed by atoms with E-state index in [1.165, 1.54) is 11.3 Å². The minimum atomic E-state index is 0.348. The van der Waals surface area contributed by atoms with Crippen LogP contribution in [0.15, 0.2) is 18.6 Å². The Hall–Kier alpha value is -1.62. The maximum absolute atomic E-state index is 4.40. The molecule has 2 heterocycles. The third-order valence-electron chi connectivity index (χ3n) is 3.87. The van der Waals surface area contributed by atoms with Gasteiger partial charge in [-0.25, -0.2) is 4.98 Å². The average Bonchev–Trinajstić information content (AvgIpc) is 2.99. The third-order valence-corrected chi connectivity index (χ3v) is 3.87. The zero-order valence-corrected chi connectivity index (χ0v) is 12.9. The van der Waals surface area contributed by atoms with E-state index in [4.69, 9.17) is 0 Å². The first-order chi connectivity index (χ1) is 9.63. The fourth-order valence-electron chi connectivity index (χ4n) is 2.45. The van der Waals surface area contributed by atoms with E-state index in [1.807, 2.05) is 37.4 Å². The van der Waals surface area contributed by atoms with Crippen molar-refractivity contribution in [3.63, 3.8) is 0 Å². The summed E-state index contributed by atoms with van der Waals surface area (Å²) in [6.45, 7) is 5.35. The monoisotopic (exact) mass is 275 g/mol. The SMILES string of the molecule is CCCNC(CCc1nccn1C)c1cnn(C)c1C. The molecule has 0 saturated carbocycles. The molecule has 1 atom stereocenters. The lowest BCUT2D eigenvalue weighted by molar-refractivity contribution is 0.488. The molecule has 0 aromatic carbocycles. The van der Waals surface area contributed by atoms with Crippen LogP contribution in [0.3, 0.4) is 0 Å². The maximum Gasteiger partial charge on any atom is 0.108 e. The van der Waals surface area contributed by atoms with Crippen LogP contribution in [0.2, 0.25) is 0 Å². The molecule has 0 amide bonds. The first kappa shape index (κ1) is 14.8. The third kappa shape index (κ3) is 3.28. The van der Waals surface area contributed by atoms with E-state index >= 15 is 0 Å². The molecule has 2 aromatic rings. The maximum atomic E-state index is 4.40. The van der Waals surface area contributed by atoms with Gasteiger partial charge < -0.3 is 9.88 Å². The van der Waals surface area contributed by atoms with Crippen molar-refractivity contribution in [2.24, 2.45) is 14.1 Å².